The van der Waals surface area contributed by atoms with Gasteiger partial charge in [-0.25, -0.2) is 4.98 Å². The molecule has 0 spiro atoms. The number of thiazole rings is 1. The van der Waals surface area contributed by atoms with Gasteiger partial charge in [0, 0.05) is 11.5 Å². The second kappa shape index (κ2) is 6.64. The lowest BCUT2D eigenvalue weighted by molar-refractivity contribution is -0.118. The number of aromatic nitrogens is 1. The van der Waals surface area contributed by atoms with E-state index >= 15 is 0 Å². The summed E-state index contributed by atoms with van der Waals surface area (Å²) < 4.78 is 0. The lowest BCUT2D eigenvalue weighted by atomic mass is 9.79. The molecule has 1 aliphatic rings. The van der Waals surface area contributed by atoms with Gasteiger partial charge in [-0.15, -0.1) is 11.3 Å². The molecular weight excluding hydrogens is 308 g/mol. The molecule has 5 heteroatoms. The number of benzene rings is 1. The monoisotopic (exact) mass is 328 g/mol. The Bertz CT molecular complexity index is 738. The molecular formula is C18H20N2O2S. The highest BCUT2D eigenvalue weighted by Crippen LogP contribution is 2.34. The fourth-order valence-corrected chi connectivity index (χ4v) is 3.57. The van der Waals surface area contributed by atoms with Gasteiger partial charge in [0.05, 0.1) is 17.2 Å². The number of nitrogens with zero attached hydrogens (tertiary/aromatic N) is 1. The van der Waals surface area contributed by atoms with E-state index in [1.54, 1.807) is 17.4 Å². The summed E-state index contributed by atoms with van der Waals surface area (Å²) in [5.74, 6) is -0.216. The Hall–Kier alpha value is -1.98. The number of carbonyl (C=O) groups excluding carboxylic acids is 1. The maximum atomic E-state index is 12.0. The molecule has 1 amide bonds. The number of aliphatic hydroxyl groups is 1. The zero-order valence-electron chi connectivity index (χ0n) is 13.1. The first-order chi connectivity index (χ1) is 11.1. The summed E-state index contributed by atoms with van der Waals surface area (Å²) in [6.45, 7) is 2.15. The molecule has 1 heterocycles. The van der Waals surface area contributed by atoms with Crippen LogP contribution in [0.2, 0.25) is 0 Å². The normalized spacial score (nSPS) is 20.4. The Morgan fingerprint density at radius 1 is 1.48 bits per heavy atom. The molecule has 3 rings (SSSR count). The molecule has 1 aliphatic carbocycles. The highest BCUT2D eigenvalue weighted by atomic mass is 32.1. The van der Waals surface area contributed by atoms with Crippen LogP contribution in [0.15, 0.2) is 35.7 Å². The fraction of sp³-hybridized carbons (Fsp3) is 0.333. The predicted octanol–water partition coefficient (Wildman–Crippen LogP) is 2.81. The minimum atomic E-state index is -0.977. The first-order valence-corrected chi connectivity index (χ1v) is 8.64. The number of rotatable bonds is 4. The van der Waals surface area contributed by atoms with Crippen LogP contribution in [-0.4, -0.2) is 22.5 Å². The SMILES string of the molecule is Cc1nc(/C=C/C(=O)NC[C@]2(O)CCCc3ccccc32)cs1. The maximum absolute atomic E-state index is 12.0. The molecule has 1 atom stereocenters. The van der Waals surface area contributed by atoms with Gasteiger partial charge in [0.1, 0.15) is 5.60 Å². The number of nitrogens with one attached hydrogen (secondary N) is 1. The highest BCUT2D eigenvalue weighted by molar-refractivity contribution is 7.09. The van der Waals surface area contributed by atoms with Gasteiger partial charge in [-0.2, -0.15) is 0 Å². The van der Waals surface area contributed by atoms with E-state index in [4.69, 9.17) is 0 Å². The van der Waals surface area contributed by atoms with Crippen LogP contribution in [0.3, 0.4) is 0 Å². The predicted molar refractivity (Wildman–Crippen MR) is 92.2 cm³/mol. The molecule has 4 nitrogen and oxygen atoms in total. The van der Waals surface area contributed by atoms with Gasteiger partial charge in [-0.3, -0.25) is 4.79 Å². The Morgan fingerprint density at radius 3 is 3.09 bits per heavy atom. The Morgan fingerprint density at radius 2 is 2.30 bits per heavy atom. The third-order valence-electron chi connectivity index (χ3n) is 4.15. The van der Waals surface area contributed by atoms with E-state index in [1.165, 1.54) is 11.6 Å². The van der Waals surface area contributed by atoms with E-state index in [2.05, 4.69) is 10.3 Å². The van der Waals surface area contributed by atoms with Crippen molar-refractivity contribution in [2.24, 2.45) is 0 Å². The van der Waals surface area contributed by atoms with Crippen LogP contribution < -0.4 is 5.32 Å². The zero-order valence-corrected chi connectivity index (χ0v) is 13.9. The van der Waals surface area contributed by atoms with Crippen molar-refractivity contribution in [3.63, 3.8) is 0 Å². The third-order valence-corrected chi connectivity index (χ3v) is 4.94. The number of amides is 1. The molecule has 2 N–H and O–H groups in total. The van der Waals surface area contributed by atoms with Crippen LogP contribution in [0, 0.1) is 6.92 Å². The van der Waals surface area contributed by atoms with Crippen LogP contribution in [0.5, 0.6) is 0 Å². The molecule has 2 aromatic rings. The van der Waals surface area contributed by atoms with Crippen LogP contribution >= 0.6 is 11.3 Å². The summed E-state index contributed by atoms with van der Waals surface area (Å²) >= 11 is 1.55. The number of carbonyl (C=O) groups is 1. The quantitative estimate of drug-likeness (QED) is 0.849. The molecule has 23 heavy (non-hydrogen) atoms. The van der Waals surface area contributed by atoms with Crippen LogP contribution in [0.25, 0.3) is 6.08 Å². The molecule has 1 aromatic heterocycles. The minimum Gasteiger partial charge on any atom is -0.383 e. The lowest BCUT2D eigenvalue weighted by Crippen LogP contribution is -2.42. The van der Waals surface area contributed by atoms with E-state index in [1.807, 2.05) is 36.6 Å². The average molecular weight is 328 g/mol. The zero-order chi connectivity index (χ0) is 16.3. The van der Waals surface area contributed by atoms with E-state index in [0.29, 0.717) is 6.42 Å². The number of fused-ring (bicyclic) bond motifs is 1. The van der Waals surface area contributed by atoms with Gasteiger partial charge in [0.25, 0.3) is 0 Å². The number of hydrogen-bond acceptors (Lipinski definition) is 4. The second-order valence-electron chi connectivity index (χ2n) is 5.88. The fourth-order valence-electron chi connectivity index (χ4n) is 2.99. The van der Waals surface area contributed by atoms with Crippen LogP contribution in [0.4, 0.5) is 0 Å². The van der Waals surface area contributed by atoms with Crippen molar-refractivity contribution in [2.45, 2.75) is 31.8 Å². The van der Waals surface area contributed by atoms with E-state index in [9.17, 15) is 9.90 Å². The summed E-state index contributed by atoms with van der Waals surface area (Å²) in [7, 11) is 0. The largest absolute Gasteiger partial charge is 0.383 e. The smallest absolute Gasteiger partial charge is 0.244 e. The van der Waals surface area contributed by atoms with E-state index in [0.717, 1.165) is 29.1 Å². The van der Waals surface area contributed by atoms with E-state index in [-0.39, 0.29) is 12.5 Å². The third kappa shape index (κ3) is 3.68. The topological polar surface area (TPSA) is 62.2 Å². The molecule has 120 valence electrons. The molecule has 0 radical (unpaired) electrons. The van der Waals surface area contributed by atoms with E-state index < -0.39 is 5.60 Å². The highest BCUT2D eigenvalue weighted by Gasteiger charge is 2.34. The maximum Gasteiger partial charge on any atom is 0.244 e. The molecule has 0 saturated heterocycles. The van der Waals surface area contributed by atoms with Gasteiger partial charge in [-0.05, 0) is 43.4 Å². The van der Waals surface area contributed by atoms with Gasteiger partial charge in [-0.1, -0.05) is 24.3 Å². The Kier molecular flexibility index (Phi) is 4.59. The van der Waals surface area contributed by atoms with Crippen molar-refractivity contribution in [1.29, 1.82) is 0 Å². The standard InChI is InChI=1S/C18H20N2O2S/c1-13-20-15(11-23-13)8-9-17(21)19-12-18(22)10-4-6-14-5-2-3-7-16(14)18/h2-3,5,7-9,11,22H,4,6,10,12H2,1H3,(H,19,21)/b9-8+/t18-/m1/s1. The number of aryl methyl sites for hydroxylation is 2. The van der Waals surface area contributed by atoms with Crippen molar-refractivity contribution < 1.29 is 9.90 Å². The Labute approximate surface area is 139 Å². The van der Waals surface area contributed by atoms with Crippen molar-refractivity contribution >= 4 is 23.3 Å². The summed E-state index contributed by atoms with van der Waals surface area (Å²) in [6.07, 6.45) is 5.73. The molecule has 0 fully saturated rings. The van der Waals surface area contributed by atoms with Crippen LogP contribution in [0.1, 0.15) is 34.7 Å². The van der Waals surface area contributed by atoms with Gasteiger partial charge < -0.3 is 10.4 Å². The Balaban J connectivity index is 1.64. The summed E-state index contributed by atoms with van der Waals surface area (Å²) in [4.78, 5) is 16.3. The summed E-state index contributed by atoms with van der Waals surface area (Å²) in [5, 5.41) is 16.6. The van der Waals surface area contributed by atoms with Crippen molar-refractivity contribution in [1.82, 2.24) is 10.3 Å². The molecule has 1 aromatic carbocycles. The van der Waals surface area contributed by atoms with Crippen molar-refractivity contribution in [2.75, 3.05) is 6.54 Å². The van der Waals surface area contributed by atoms with Crippen LogP contribution in [-0.2, 0) is 16.8 Å². The number of hydrogen-bond donors (Lipinski definition) is 2. The minimum absolute atomic E-state index is 0.216. The molecule has 0 unspecified atom stereocenters. The van der Waals surface area contributed by atoms with Crippen molar-refractivity contribution in [3.8, 4) is 0 Å². The molecule has 0 saturated carbocycles. The van der Waals surface area contributed by atoms with Gasteiger partial charge >= 0.3 is 0 Å². The van der Waals surface area contributed by atoms with Crippen molar-refractivity contribution in [3.05, 3.63) is 57.6 Å². The first kappa shape index (κ1) is 15.9. The first-order valence-electron chi connectivity index (χ1n) is 7.76. The molecule has 0 bridgehead atoms. The average Bonchev–Trinajstić information content (AvgIpc) is 2.97. The molecule has 0 aliphatic heterocycles. The lowest BCUT2D eigenvalue weighted by Gasteiger charge is -2.34. The summed E-state index contributed by atoms with van der Waals surface area (Å²) in [5.41, 5.74) is 1.91. The van der Waals surface area contributed by atoms with Gasteiger partial charge in [0.15, 0.2) is 0 Å². The second-order valence-corrected chi connectivity index (χ2v) is 6.95. The van der Waals surface area contributed by atoms with Gasteiger partial charge in [0.2, 0.25) is 5.91 Å². The summed E-state index contributed by atoms with van der Waals surface area (Å²) in [6, 6.07) is 7.92.